The lowest BCUT2D eigenvalue weighted by atomic mass is 10.1. The third kappa shape index (κ3) is 3.77. The molecule has 6 heteroatoms. The molecule has 0 aliphatic heterocycles. The Morgan fingerprint density at radius 2 is 2.05 bits per heavy atom. The van der Waals surface area contributed by atoms with Gasteiger partial charge >= 0.3 is 5.97 Å². The maximum atomic E-state index is 12.0. The fraction of sp³-hybridized carbons (Fsp3) is 0.133. The maximum Gasteiger partial charge on any atom is 0.340 e. The molecule has 0 fully saturated rings. The van der Waals surface area contributed by atoms with Gasteiger partial charge in [-0.15, -0.1) is 0 Å². The molecule has 0 aliphatic carbocycles. The van der Waals surface area contributed by atoms with Crippen LogP contribution in [0, 0.1) is 0 Å². The Morgan fingerprint density at radius 1 is 1.29 bits per heavy atom. The number of benzene rings is 2. The summed E-state index contributed by atoms with van der Waals surface area (Å²) in [5.74, 6) is -0.402. The number of nitrogen functional groups attached to an aromatic ring is 1. The van der Waals surface area contributed by atoms with E-state index in [1.54, 1.807) is 25.1 Å². The summed E-state index contributed by atoms with van der Waals surface area (Å²) in [5, 5.41) is 3.18. The summed E-state index contributed by atoms with van der Waals surface area (Å²) in [6.45, 7) is 2.08. The van der Waals surface area contributed by atoms with Crippen LogP contribution in [-0.2, 0) is 4.74 Å². The minimum absolute atomic E-state index is 0.315. The molecule has 4 nitrogen and oxygen atoms in total. The molecule has 0 aromatic heterocycles. The van der Waals surface area contributed by atoms with E-state index in [0.29, 0.717) is 23.5 Å². The summed E-state index contributed by atoms with van der Waals surface area (Å²) in [6, 6.07) is 10.8. The second-order valence-corrected chi connectivity index (χ2v) is 6.01. The first-order chi connectivity index (χ1) is 10.0. The highest BCUT2D eigenvalue weighted by Crippen LogP contribution is 2.33. The van der Waals surface area contributed by atoms with Crippen molar-refractivity contribution in [2.24, 2.45) is 0 Å². The molecule has 0 unspecified atom stereocenters. The van der Waals surface area contributed by atoms with Crippen molar-refractivity contribution in [2.75, 3.05) is 17.7 Å². The average molecular weight is 414 g/mol. The molecule has 0 aliphatic rings. The first-order valence-corrected chi connectivity index (χ1v) is 7.89. The van der Waals surface area contributed by atoms with Crippen LogP contribution in [0.5, 0.6) is 0 Å². The van der Waals surface area contributed by atoms with Gasteiger partial charge in [-0.1, -0.05) is 22.0 Å². The molecule has 110 valence electrons. The van der Waals surface area contributed by atoms with Gasteiger partial charge < -0.3 is 15.8 Å². The zero-order valence-electron chi connectivity index (χ0n) is 11.3. The van der Waals surface area contributed by atoms with Crippen molar-refractivity contribution in [1.29, 1.82) is 0 Å². The predicted molar refractivity (Wildman–Crippen MR) is 91.9 cm³/mol. The number of rotatable bonds is 4. The lowest BCUT2D eigenvalue weighted by molar-refractivity contribution is 0.0527. The molecule has 0 heterocycles. The van der Waals surface area contributed by atoms with Crippen molar-refractivity contribution in [3.8, 4) is 0 Å². The number of hydrogen-bond donors (Lipinski definition) is 2. The smallest absolute Gasteiger partial charge is 0.340 e. The van der Waals surface area contributed by atoms with Crippen LogP contribution in [0.15, 0.2) is 45.3 Å². The van der Waals surface area contributed by atoms with Crippen molar-refractivity contribution < 1.29 is 9.53 Å². The molecule has 0 atom stereocenters. The fourth-order valence-corrected chi connectivity index (χ4v) is 2.96. The third-order valence-corrected chi connectivity index (χ3v) is 3.93. The Hall–Kier alpha value is -1.53. The van der Waals surface area contributed by atoms with Gasteiger partial charge in [-0.3, -0.25) is 0 Å². The van der Waals surface area contributed by atoms with Crippen LogP contribution in [-0.4, -0.2) is 12.6 Å². The SMILES string of the molecule is CCOC(=O)c1cccc(N)c1Nc1ccc(Br)cc1Br. The largest absolute Gasteiger partial charge is 0.462 e. The molecule has 0 bridgehead atoms. The maximum absolute atomic E-state index is 12.0. The second kappa shape index (κ2) is 6.95. The standard InChI is InChI=1S/C15H14Br2N2O2/c1-2-21-15(20)10-4-3-5-12(18)14(10)19-13-7-6-9(16)8-11(13)17/h3-8,19H,2,18H2,1H3. The lowest BCUT2D eigenvalue weighted by Gasteiger charge is -2.15. The first kappa shape index (κ1) is 15.9. The predicted octanol–water partition coefficient (Wildman–Crippen LogP) is 4.71. The molecule has 3 N–H and O–H groups in total. The number of halogens is 2. The van der Waals surface area contributed by atoms with E-state index in [-0.39, 0.29) is 0 Å². The molecule has 2 rings (SSSR count). The van der Waals surface area contributed by atoms with E-state index in [0.717, 1.165) is 14.6 Å². The van der Waals surface area contributed by atoms with E-state index < -0.39 is 5.97 Å². The van der Waals surface area contributed by atoms with Crippen molar-refractivity contribution in [1.82, 2.24) is 0 Å². The molecule has 0 amide bonds. The highest BCUT2D eigenvalue weighted by molar-refractivity contribution is 9.11. The van der Waals surface area contributed by atoms with Crippen LogP contribution in [0.3, 0.4) is 0 Å². The van der Waals surface area contributed by atoms with Crippen molar-refractivity contribution in [3.63, 3.8) is 0 Å². The topological polar surface area (TPSA) is 64.3 Å². The van der Waals surface area contributed by atoms with Crippen LogP contribution in [0.4, 0.5) is 17.1 Å². The number of hydrogen-bond acceptors (Lipinski definition) is 4. The van der Waals surface area contributed by atoms with Gasteiger partial charge in [0.15, 0.2) is 0 Å². The number of esters is 1. The summed E-state index contributed by atoms with van der Waals surface area (Å²) in [4.78, 5) is 12.0. The van der Waals surface area contributed by atoms with Gasteiger partial charge in [0.1, 0.15) is 0 Å². The Labute approximate surface area is 139 Å². The van der Waals surface area contributed by atoms with E-state index in [9.17, 15) is 4.79 Å². The number of para-hydroxylation sites is 1. The van der Waals surface area contributed by atoms with Gasteiger partial charge in [0.05, 0.1) is 29.2 Å². The Balaban J connectivity index is 2.41. The van der Waals surface area contributed by atoms with Gasteiger partial charge in [0, 0.05) is 8.95 Å². The Morgan fingerprint density at radius 3 is 2.71 bits per heavy atom. The molecule has 0 saturated heterocycles. The highest BCUT2D eigenvalue weighted by Gasteiger charge is 2.15. The van der Waals surface area contributed by atoms with Gasteiger partial charge in [0.2, 0.25) is 0 Å². The summed E-state index contributed by atoms with van der Waals surface area (Å²) < 4.78 is 6.86. The van der Waals surface area contributed by atoms with E-state index in [1.807, 2.05) is 18.2 Å². The van der Waals surface area contributed by atoms with E-state index >= 15 is 0 Å². The van der Waals surface area contributed by atoms with Crippen LogP contribution in [0.1, 0.15) is 17.3 Å². The molecule has 0 saturated carbocycles. The quantitative estimate of drug-likeness (QED) is 0.562. The highest BCUT2D eigenvalue weighted by atomic mass is 79.9. The number of nitrogens with one attached hydrogen (secondary N) is 1. The zero-order chi connectivity index (χ0) is 15.4. The van der Waals surface area contributed by atoms with Crippen LogP contribution < -0.4 is 11.1 Å². The molecular formula is C15H14Br2N2O2. The number of ether oxygens (including phenoxy) is 1. The molecule has 2 aromatic carbocycles. The van der Waals surface area contributed by atoms with Gasteiger partial charge in [0.25, 0.3) is 0 Å². The van der Waals surface area contributed by atoms with Crippen molar-refractivity contribution >= 4 is 54.9 Å². The summed E-state index contributed by atoms with van der Waals surface area (Å²) in [7, 11) is 0. The van der Waals surface area contributed by atoms with E-state index in [2.05, 4.69) is 37.2 Å². The van der Waals surface area contributed by atoms with Gasteiger partial charge in [-0.25, -0.2) is 4.79 Å². The van der Waals surface area contributed by atoms with Gasteiger partial charge in [-0.05, 0) is 53.2 Å². The average Bonchev–Trinajstić information content (AvgIpc) is 2.43. The van der Waals surface area contributed by atoms with Crippen LogP contribution in [0.2, 0.25) is 0 Å². The summed E-state index contributed by atoms with van der Waals surface area (Å²) in [5.41, 5.74) is 8.23. The van der Waals surface area contributed by atoms with E-state index in [1.165, 1.54) is 0 Å². The van der Waals surface area contributed by atoms with Gasteiger partial charge in [-0.2, -0.15) is 0 Å². The summed E-state index contributed by atoms with van der Waals surface area (Å²) in [6.07, 6.45) is 0. The monoisotopic (exact) mass is 412 g/mol. The normalized spacial score (nSPS) is 10.2. The van der Waals surface area contributed by atoms with Crippen molar-refractivity contribution in [3.05, 3.63) is 50.9 Å². The van der Waals surface area contributed by atoms with Crippen LogP contribution >= 0.6 is 31.9 Å². The fourth-order valence-electron chi connectivity index (χ4n) is 1.81. The zero-order valence-corrected chi connectivity index (χ0v) is 14.5. The Kier molecular flexibility index (Phi) is 5.25. The minimum Gasteiger partial charge on any atom is -0.462 e. The number of carbonyl (C=O) groups excluding carboxylic acids is 1. The van der Waals surface area contributed by atoms with Crippen molar-refractivity contribution in [2.45, 2.75) is 6.92 Å². The minimum atomic E-state index is -0.402. The number of carbonyl (C=O) groups is 1. The number of nitrogens with two attached hydrogens (primary N) is 1. The third-order valence-electron chi connectivity index (χ3n) is 2.78. The van der Waals surface area contributed by atoms with Crippen LogP contribution in [0.25, 0.3) is 0 Å². The molecule has 0 radical (unpaired) electrons. The molecular weight excluding hydrogens is 400 g/mol. The lowest BCUT2D eigenvalue weighted by Crippen LogP contribution is -2.09. The number of anilines is 3. The van der Waals surface area contributed by atoms with E-state index in [4.69, 9.17) is 10.5 Å². The molecule has 0 spiro atoms. The first-order valence-electron chi connectivity index (χ1n) is 6.30. The Bertz CT molecular complexity index is 675. The molecule has 2 aromatic rings. The summed E-state index contributed by atoms with van der Waals surface area (Å²) >= 11 is 6.87. The molecule has 21 heavy (non-hydrogen) atoms. The second-order valence-electron chi connectivity index (χ2n) is 4.24.